The first-order chi connectivity index (χ1) is 7.03. The first kappa shape index (κ1) is 11.1. The van der Waals surface area contributed by atoms with Gasteiger partial charge >= 0.3 is 0 Å². The molecule has 0 spiro atoms. The Morgan fingerprint density at radius 1 is 1.60 bits per heavy atom. The molecule has 2 fully saturated rings. The summed E-state index contributed by atoms with van der Waals surface area (Å²) in [6.45, 7) is 7.88. The maximum absolute atomic E-state index is 9.66. The van der Waals surface area contributed by atoms with E-state index >= 15 is 0 Å². The summed E-state index contributed by atoms with van der Waals surface area (Å²) >= 11 is 0. The molecular formula is C11H18O4. The van der Waals surface area contributed by atoms with Crippen LogP contribution in [0, 0.1) is 0 Å². The van der Waals surface area contributed by atoms with Crippen molar-refractivity contribution in [3.05, 3.63) is 12.7 Å². The van der Waals surface area contributed by atoms with Gasteiger partial charge in [-0.15, -0.1) is 6.58 Å². The summed E-state index contributed by atoms with van der Waals surface area (Å²) in [6.07, 6.45) is 1.58. The summed E-state index contributed by atoms with van der Waals surface area (Å²) in [7, 11) is 0. The molecule has 2 heterocycles. The van der Waals surface area contributed by atoms with Crippen molar-refractivity contribution < 1.29 is 19.3 Å². The summed E-state index contributed by atoms with van der Waals surface area (Å²) in [5.74, 6) is -0.523. The number of rotatable bonds is 4. The van der Waals surface area contributed by atoms with Crippen LogP contribution in [0.15, 0.2) is 12.7 Å². The SMILES string of the molecule is C=CC[C@H](O)[C@@H]1O[C@@H]1C1COC(C)(C)O1. The Kier molecular flexibility index (Phi) is 2.85. The molecule has 4 nitrogen and oxygen atoms in total. The Hall–Kier alpha value is -0.420. The van der Waals surface area contributed by atoms with Gasteiger partial charge in [-0.05, 0) is 20.3 Å². The van der Waals surface area contributed by atoms with Gasteiger partial charge in [-0.3, -0.25) is 0 Å². The molecule has 0 aromatic rings. The molecule has 0 radical (unpaired) electrons. The van der Waals surface area contributed by atoms with Crippen molar-refractivity contribution in [1.82, 2.24) is 0 Å². The number of ether oxygens (including phenoxy) is 3. The second kappa shape index (κ2) is 3.87. The van der Waals surface area contributed by atoms with E-state index in [0.717, 1.165) is 0 Å². The van der Waals surface area contributed by atoms with Crippen LogP contribution in [-0.2, 0) is 14.2 Å². The van der Waals surface area contributed by atoms with Gasteiger partial charge < -0.3 is 19.3 Å². The fourth-order valence-electron chi connectivity index (χ4n) is 1.93. The quantitative estimate of drug-likeness (QED) is 0.556. The van der Waals surface area contributed by atoms with E-state index in [4.69, 9.17) is 14.2 Å². The van der Waals surface area contributed by atoms with Gasteiger partial charge in [-0.25, -0.2) is 0 Å². The average Bonchev–Trinajstić information content (AvgIpc) is 2.86. The minimum absolute atomic E-state index is 0.0262. The summed E-state index contributed by atoms with van der Waals surface area (Å²) in [4.78, 5) is 0. The van der Waals surface area contributed by atoms with Crippen LogP contribution in [-0.4, -0.2) is 41.9 Å². The van der Waals surface area contributed by atoms with Gasteiger partial charge in [0, 0.05) is 0 Å². The van der Waals surface area contributed by atoms with E-state index in [1.807, 2.05) is 13.8 Å². The Labute approximate surface area is 89.8 Å². The highest BCUT2D eigenvalue weighted by atomic mass is 16.8. The molecule has 1 N–H and O–H groups in total. The van der Waals surface area contributed by atoms with Gasteiger partial charge in [-0.2, -0.15) is 0 Å². The lowest BCUT2D eigenvalue weighted by atomic mass is 10.1. The zero-order valence-corrected chi connectivity index (χ0v) is 9.18. The molecule has 4 heteroatoms. The van der Waals surface area contributed by atoms with E-state index in [1.54, 1.807) is 6.08 Å². The third-order valence-corrected chi connectivity index (χ3v) is 2.75. The third-order valence-electron chi connectivity index (χ3n) is 2.75. The molecule has 0 amide bonds. The Morgan fingerprint density at radius 2 is 2.33 bits per heavy atom. The molecule has 2 aliphatic rings. The molecule has 2 aliphatic heterocycles. The highest BCUT2D eigenvalue weighted by molar-refractivity contribution is 4.99. The number of epoxide rings is 1. The van der Waals surface area contributed by atoms with Crippen LogP contribution in [0.3, 0.4) is 0 Å². The van der Waals surface area contributed by atoms with Crippen molar-refractivity contribution in [3.8, 4) is 0 Å². The van der Waals surface area contributed by atoms with Crippen molar-refractivity contribution in [3.63, 3.8) is 0 Å². The van der Waals surface area contributed by atoms with Gasteiger partial charge in [0.15, 0.2) is 5.79 Å². The molecule has 0 aliphatic carbocycles. The molecule has 0 saturated carbocycles. The minimum Gasteiger partial charge on any atom is -0.390 e. The van der Waals surface area contributed by atoms with Crippen molar-refractivity contribution >= 4 is 0 Å². The first-order valence-electron chi connectivity index (χ1n) is 5.30. The Balaban J connectivity index is 1.82. The molecule has 86 valence electrons. The molecule has 0 bridgehead atoms. The van der Waals surface area contributed by atoms with Crippen molar-refractivity contribution in [2.45, 2.75) is 50.5 Å². The molecule has 4 atom stereocenters. The monoisotopic (exact) mass is 214 g/mol. The molecule has 0 aromatic carbocycles. The fraction of sp³-hybridized carbons (Fsp3) is 0.818. The maximum atomic E-state index is 9.66. The third kappa shape index (κ3) is 2.39. The Morgan fingerprint density at radius 3 is 2.87 bits per heavy atom. The number of hydrogen-bond donors (Lipinski definition) is 1. The van der Waals surface area contributed by atoms with E-state index in [1.165, 1.54) is 0 Å². The molecule has 2 rings (SSSR count). The molecule has 2 saturated heterocycles. The predicted octanol–water partition coefficient (Wildman–Crippen LogP) is 0.842. The highest BCUT2D eigenvalue weighted by Crippen LogP contribution is 2.36. The lowest BCUT2D eigenvalue weighted by Crippen LogP contribution is -2.27. The van der Waals surface area contributed by atoms with Crippen LogP contribution >= 0.6 is 0 Å². The summed E-state index contributed by atoms with van der Waals surface area (Å²) in [6, 6.07) is 0. The number of aliphatic hydroxyl groups is 1. The van der Waals surface area contributed by atoms with Crippen molar-refractivity contribution in [1.29, 1.82) is 0 Å². The summed E-state index contributed by atoms with van der Waals surface area (Å²) in [5, 5.41) is 9.66. The number of aliphatic hydroxyl groups excluding tert-OH is 1. The Bertz CT molecular complexity index is 251. The topological polar surface area (TPSA) is 51.2 Å². The molecule has 1 unspecified atom stereocenters. The zero-order chi connectivity index (χ0) is 11.1. The van der Waals surface area contributed by atoms with Gasteiger partial charge in [0.05, 0.1) is 12.7 Å². The van der Waals surface area contributed by atoms with Crippen molar-refractivity contribution in [2.24, 2.45) is 0 Å². The summed E-state index contributed by atoms with van der Waals surface area (Å²) in [5.41, 5.74) is 0. The lowest BCUT2D eigenvalue weighted by molar-refractivity contribution is -0.140. The van der Waals surface area contributed by atoms with E-state index in [0.29, 0.717) is 13.0 Å². The second-order valence-corrected chi connectivity index (χ2v) is 4.52. The van der Waals surface area contributed by atoms with Crippen LogP contribution in [0.4, 0.5) is 0 Å². The second-order valence-electron chi connectivity index (χ2n) is 4.52. The lowest BCUT2D eigenvalue weighted by Gasteiger charge is -2.16. The van der Waals surface area contributed by atoms with Crippen LogP contribution in [0.2, 0.25) is 0 Å². The first-order valence-corrected chi connectivity index (χ1v) is 5.30. The van der Waals surface area contributed by atoms with Gasteiger partial charge in [0.25, 0.3) is 0 Å². The standard InChI is InChI=1S/C11H18O4/c1-4-5-7(12)9-10(14-9)8-6-13-11(2,3)15-8/h4,7-10,12H,1,5-6H2,2-3H3/t7-,8?,9-,10+/m0/s1. The smallest absolute Gasteiger partial charge is 0.163 e. The largest absolute Gasteiger partial charge is 0.390 e. The van der Waals surface area contributed by atoms with Gasteiger partial charge in [0.1, 0.15) is 18.3 Å². The highest BCUT2D eigenvalue weighted by Gasteiger charge is 2.53. The van der Waals surface area contributed by atoms with Crippen LogP contribution < -0.4 is 0 Å². The molecule has 0 aromatic heterocycles. The van der Waals surface area contributed by atoms with Crippen LogP contribution in [0.25, 0.3) is 0 Å². The summed E-state index contributed by atoms with van der Waals surface area (Å²) < 4.78 is 16.5. The van der Waals surface area contributed by atoms with Crippen LogP contribution in [0.1, 0.15) is 20.3 Å². The van der Waals surface area contributed by atoms with Crippen LogP contribution in [0.5, 0.6) is 0 Å². The van der Waals surface area contributed by atoms with Gasteiger partial charge in [-0.1, -0.05) is 6.08 Å². The predicted molar refractivity (Wildman–Crippen MR) is 54.4 cm³/mol. The number of hydrogen-bond acceptors (Lipinski definition) is 4. The van der Waals surface area contributed by atoms with E-state index in [9.17, 15) is 5.11 Å². The van der Waals surface area contributed by atoms with E-state index in [-0.39, 0.29) is 18.3 Å². The fourth-order valence-corrected chi connectivity index (χ4v) is 1.93. The molecule has 15 heavy (non-hydrogen) atoms. The maximum Gasteiger partial charge on any atom is 0.163 e. The molecular weight excluding hydrogens is 196 g/mol. The van der Waals surface area contributed by atoms with E-state index < -0.39 is 11.9 Å². The van der Waals surface area contributed by atoms with Gasteiger partial charge in [0.2, 0.25) is 0 Å². The zero-order valence-electron chi connectivity index (χ0n) is 9.18. The van der Waals surface area contributed by atoms with E-state index in [2.05, 4.69) is 6.58 Å². The normalized spacial score (nSPS) is 40.1. The minimum atomic E-state index is -0.523. The van der Waals surface area contributed by atoms with Crippen molar-refractivity contribution in [2.75, 3.05) is 6.61 Å². The average molecular weight is 214 g/mol.